The van der Waals surface area contributed by atoms with Crippen LogP contribution in [0.15, 0.2) is 48.5 Å². The number of amides is 4. The average Bonchev–Trinajstić information content (AvgIpc) is 3.18. The summed E-state index contributed by atoms with van der Waals surface area (Å²) in [6, 6.07) is 11.6. The summed E-state index contributed by atoms with van der Waals surface area (Å²) < 4.78 is 0. The van der Waals surface area contributed by atoms with Gasteiger partial charge in [0.05, 0.1) is 0 Å². The summed E-state index contributed by atoms with van der Waals surface area (Å²) in [6.07, 6.45) is -0.702. The number of carbonyl (C=O) groups is 4. The maximum absolute atomic E-state index is 13.3. The number of hydrogen-bond donors (Lipinski definition) is 12. The molecule has 0 unspecified atom stereocenters. The second-order valence-corrected chi connectivity index (χ2v) is 13.5. The van der Waals surface area contributed by atoms with Gasteiger partial charge in [0.1, 0.15) is 23.0 Å². The van der Waals surface area contributed by atoms with Crippen molar-refractivity contribution in [3.05, 3.63) is 115 Å². The van der Waals surface area contributed by atoms with E-state index in [0.717, 1.165) is 0 Å². The number of nitrogens with one attached hydrogen (secondary N) is 4. The predicted octanol–water partition coefficient (Wildman–Crippen LogP) is -0.0604. The molecule has 16 N–H and O–H groups in total. The van der Waals surface area contributed by atoms with Crippen LogP contribution in [0.3, 0.4) is 0 Å². The van der Waals surface area contributed by atoms with Crippen LogP contribution in [0.25, 0.3) is 0 Å². The van der Waals surface area contributed by atoms with Crippen molar-refractivity contribution < 1.29 is 39.6 Å². The zero-order valence-electron chi connectivity index (χ0n) is 30.8. The Morgan fingerprint density at radius 2 is 0.536 bits per heavy atom. The molecule has 0 aliphatic heterocycles. The predicted molar refractivity (Wildman–Crippen MR) is 209 cm³/mol. The highest BCUT2D eigenvalue weighted by atomic mass is 16.3. The van der Waals surface area contributed by atoms with Crippen molar-refractivity contribution in [2.75, 3.05) is 52.4 Å². The molecule has 4 aromatic rings. The smallest absolute Gasteiger partial charge is 0.251 e. The van der Waals surface area contributed by atoms with Crippen LogP contribution in [0.4, 0.5) is 0 Å². The van der Waals surface area contributed by atoms with Crippen LogP contribution in [-0.2, 0) is 25.7 Å². The van der Waals surface area contributed by atoms with Crippen LogP contribution in [0, 0.1) is 0 Å². The Hall–Kier alpha value is -6.20. The summed E-state index contributed by atoms with van der Waals surface area (Å²) in [5.41, 5.74) is 24.7. The molecule has 0 spiro atoms. The molecule has 4 amide bonds. The minimum Gasteiger partial charge on any atom is -0.507 e. The molecule has 0 saturated carbocycles. The summed E-state index contributed by atoms with van der Waals surface area (Å²) in [4.78, 5) is 53.3. The van der Waals surface area contributed by atoms with Crippen LogP contribution in [0.5, 0.6) is 23.0 Å². The standard InChI is InChI=1S/C40H48N8O8/c41-1-5-45-37(53)29-13-21-9-23-15-30(38(54)46-6-2-42)17-25(34(23)50)11-27-19-32(40(56)48-8-4-44)20-28(36(27)52)12-26-18-31(39(55)47-7-3-43)16-24(35(26)51)10-22(14-29)33(21)49/h13-20,49-52H,1-12,41-44H2,(H,45,53)(H,46,54)(H,47,55)(H,48,56). The van der Waals surface area contributed by atoms with Crippen molar-refractivity contribution in [2.24, 2.45) is 22.9 Å². The van der Waals surface area contributed by atoms with Gasteiger partial charge in [-0.05, 0) is 93.0 Å². The molecule has 0 heterocycles. The van der Waals surface area contributed by atoms with Crippen LogP contribution < -0.4 is 44.2 Å². The van der Waals surface area contributed by atoms with E-state index in [-0.39, 0.29) is 168 Å². The highest BCUT2D eigenvalue weighted by molar-refractivity contribution is 5.97. The Balaban J connectivity index is 1.82. The lowest BCUT2D eigenvalue weighted by molar-refractivity contribution is 0.0946. The van der Waals surface area contributed by atoms with E-state index < -0.39 is 23.6 Å². The zero-order chi connectivity index (χ0) is 40.5. The van der Waals surface area contributed by atoms with Crippen molar-refractivity contribution in [3.8, 4) is 23.0 Å². The highest BCUT2D eigenvalue weighted by Gasteiger charge is 2.25. The molecule has 0 saturated heterocycles. The molecule has 56 heavy (non-hydrogen) atoms. The van der Waals surface area contributed by atoms with Gasteiger partial charge in [-0.15, -0.1) is 0 Å². The second-order valence-electron chi connectivity index (χ2n) is 13.5. The second kappa shape index (κ2) is 18.4. The summed E-state index contributed by atoms with van der Waals surface area (Å²) >= 11 is 0. The summed E-state index contributed by atoms with van der Waals surface area (Å²) in [6.45, 7) is 1.37. The highest BCUT2D eigenvalue weighted by Crippen LogP contribution is 2.39. The van der Waals surface area contributed by atoms with E-state index in [1.165, 1.54) is 48.5 Å². The molecule has 5 rings (SSSR count). The fourth-order valence-electron chi connectivity index (χ4n) is 6.61. The third kappa shape index (κ3) is 9.35. The summed E-state index contributed by atoms with van der Waals surface area (Å²) in [7, 11) is 0. The maximum atomic E-state index is 13.3. The number of phenolic OH excluding ortho intramolecular Hbond substituents is 4. The van der Waals surface area contributed by atoms with Gasteiger partial charge < -0.3 is 64.6 Å². The lowest BCUT2D eigenvalue weighted by Gasteiger charge is -2.20. The van der Waals surface area contributed by atoms with Crippen molar-refractivity contribution in [2.45, 2.75) is 25.7 Å². The molecule has 4 aromatic carbocycles. The minimum atomic E-state index is -0.493. The Morgan fingerprint density at radius 3 is 0.679 bits per heavy atom. The van der Waals surface area contributed by atoms with Crippen LogP contribution in [0.1, 0.15) is 85.9 Å². The van der Waals surface area contributed by atoms with E-state index >= 15 is 0 Å². The number of benzene rings is 4. The van der Waals surface area contributed by atoms with Gasteiger partial charge in [-0.3, -0.25) is 19.2 Å². The lowest BCUT2D eigenvalue weighted by atomic mass is 9.88. The van der Waals surface area contributed by atoms with E-state index in [1.54, 1.807) is 0 Å². The number of fused-ring (bicyclic) bond motifs is 8. The number of hydrogen-bond acceptors (Lipinski definition) is 12. The summed E-state index contributed by atoms with van der Waals surface area (Å²) in [5.74, 6) is -2.97. The number of carbonyl (C=O) groups excluding carboxylic acids is 4. The topological polar surface area (TPSA) is 301 Å². The fraction of sp³-hybridized carbons (Fsp3) is 0.300. The van der Waals surface area contributed by atoms with Gasteiger partial charge in [0.15, 0.2) is 0 Å². The largest absolute Gasteiger partial charge is 0.507 e. The third-order valence-corrected chi connectivity index (χ3v) is 9.36. The first kappa shape index (κ1) is 41.0. The van der Waals surface area contributed by atoms with Crippen LogP contribution >= 0.6 is 0 Å². The van der Waals surface area contributed by atoms with Gasteiger partial charge in [-0.1, -0.05) is 0 Å². The van der Waals surface area contributed by atoms with Gasteiger partial charge in [-0.25, -0.2) is 0 Å². The monoisotopic (exact) mass is 768 g/mol. The minimum absolute atomic E-state index is 0.149. The first-order valence-corrected chi connectivity index (χ1v) is 18.2. The molecule has 0 radical (unpaired) electrons. The third-order valence-electron chi connectivity index (χ3n) is 9.36. The quantitative estimate of drug-likeness (QED) is 0.0795. The molecule has 1 aliphatic rings. The molecule has 16 heteroatoms. The van der Waals surface area contributed by atoms with E-state index in [1.807, 2.05) is 0 Å². The summed E-state index contributed by atoms with van der Waals surface area (Å²) in [5, 5.41) is 58.0. The van der Waals surface area contributed by atoms with Crippen molar-refractivity contribution in [1.82, 2.24) is 21.3 Å². The van der Waals surface area contributed by atoms with E-state index in [0.29, 0.717) is 0 Å². The zero-order valence-corrected chi connectivity index (χ0v) is 30.8. The molecule has 8 bridgehead atoms. The molecule has 0 fully saturated rings. The van der Waals surface area contributed by atoms with Crippen molar-refractivity contribution in [1.29, 1.82) is 0 Å². The van der Waals surface area contributed by atoms with Gasteiger partial charge in [0.2, 0.25) is 0 Å². The normalized spacial score (nSPS) is 12.1. The maximum Gasteiger partial charge on any atom is 0.251 e. The van der Waals surface area contributed by atoms with Gasteiger partial charge in [-0.2, -0.15) is 0 Å². The molecule has 296 valence electrons. The molecule has 16 nitrogen and oxygen atoms in total. The molecular weight excluding hydrogens is 720 g/mol. The van der Waals surface area contributed by atoms with Crippen LogP contribution in [-0.4, -0.2) is 96.4 Å². The van der Waals surface area contributed by atoms with Crippen molar-refractivity contribution >= 4 is 23.6 Å². The number of rotatable bonds is 12. The van der Waals surface area contributed by atoms with Gasteiger partial charge >= 0.3 is 0 Å². The average molecular weight is 769 g/mol. The molecule has 0 aromatic heterocycles. The van der Waals surface area contributed by atoms with Gasteiger partial charge in [0, 0.05) is 100 Å². The number of aromatic hydroxyl groups is 4. The SMILES string of the molecule is NCCNC(=O)c1cc2c(O)c(c1)Cc1cc(C(=O)NCCN)cc(c1O)Cc1cc(C(=O)NCCN)cc(c1O)Cc1cc(C(=O)NCCN)cc(c1O)C2. The first-order chi connectivity index (χ1) is 26.9. The molecule has 1 aliphatic carbocycles. The lowest BCUT2D eigenvalue weighted by Crippen LogP contribution is -2.29. The fourth-order valence-corrected chi connectivity index (χ4v) is 6.61. The first-order valence-electron chi connectivity index (χ1n) is 18.2. The molecule has 0 atom stereocenters. The molecular formula is C40H48N8O8. The van der Waals surface area contributed by atoms with E-state index in [4.69, 9.17) is 22.9 Å². The van der Waals surface area contributed by atoms with E-state index in [2.05, 4.69) is 21.3 Å². The van der Waals surface area contributed by atoms with Crippen LogP contribution in [0.2, 0.25) is 0 Å². The van der Waals surface area contributed by atoms with Gasteiger partial charge in [0.25, 0.3) is 23.6 Å². The Morgan fingerprint density at radius 1 is 0.375 bits per heavy atom. The Bertz CT molecular complexity index is 1760. The van der Waals surface area contributed by atoms with E-state index in [9.17, 15) is 39.6 Å². The number of phenols is 4. The Labute approximate surface area is 323 Å². The Kier molecular flexibility index (Phi) is 13.5. The number of nitrogens with two attached hydrogens (primary N) is 4. The van der Waals surface area contributed by atoms with Crippen molar-refractivity contribution in [3.63, 3.8) is 0 Å².